The Kier molecular flexibility index (Phi) is 7.72. The Bertz CT molecular complexity index is 1950. The highest BCUT2D eigenvalue weighted by molar-refractivity contribution is 8.44. The van der Waals surface area contributed by atoms with Crippen molar-refractivity contribution >= 4 is 71.6 Å². The van der Waals surface area contributed by atoms with Gasteiger partial charge < -0.3 is 30.4 Å². The third-order valence-corrected chi connectivity index (χ3v) is 10.7. The van der Waals surface area contributed by atoms with Crippen molar-refractivity contribution in [1.29, 1.82) is 0 Å². The maximum absolute atomic E-state index is 16.0. The Labute approximate surface area is 259 Å². The number of hydrogen-bond acceptors (Lipinski definition) is 15. The van der Waals surface area contributed by atoms with Gasteiger partial charge in [0.1, 0.15) is 36.3 Å². The zero-order valence-electron chi connectivity index (χ0n) is 22.4. The normalized spacial score (nSPS) is 37.7. The second-order valence-electron chi connectivity index (χ2n) is 10.2. The van der Waals surface area contributed by atoms with Crippen LogP contribution in [-0.2, 0) is 39.4 Å². The van der Waals surface area contributed by atoms with Crippen LogP contribution in [0.15, 0.2) is 23.8 Å². The quantitative estimate of drug-likeness (QED) is 0.120. The Hall–Kier alpha value is -2.69. The molecule has 7 heterocycles. The highest BCUT2D eigenvalue weighted by Gasteiger charge is 2.53. The predicted octanol–water partition coefficient (Wildman–Crippen LogP) is 0.240. The standard InChI is InChI=1S/C20H23F2N11O8P2S2/c21-8-12-6(38-18(8)32-4-27-10-14(23)25-3-26-15(10)32)1-29-42(35,44)40-13-7(2-37-43(36,45)41-12)39-19(9(13)22)33-5-28-11-16(33)30-20(24)31-17(11)34/h3-9,12-13,18-19H,1-2H2,(H,36,45)(H2,23,25,26)(H2,29,35,44)(H3,24,30,31,34)/t6-,7-,8+,9+,12+,13+,18-,19-,42?,43?/m1/s1. The summed E-state index contributed by atoms with van der Waals surface area (Å²) in [6.45, 7) is -9.51. The van der Waals surface area contributed by atoms with E-state index in [0.717, 1.165) is 17.2 Å². The molecule has 7 rings (SSSR count). The first-order chi connectivity index (χ1) is 21.3. The van der Waals surface area contributed by atoms with Gasteiger partial charge in [-0.15, -0.1) is 0 Å². The summed E-state index contributed by atoms with van der Waals surface area (Å²) in [5.41, 5.74) is 10.9. The first-order valence-electron chi connectivity index (χ1n) is 13.0. The number of thiol groups is 1. The highest BCUT2D eigenvalue weighted by atomic mass is 32.7. The number of nitrogen functional groups attached to an aromatic ring is 2. The van der Waals surface area contributed by atoms with Gasteiger partial charge in [0.2, 0.25) is 5.95 Å². The van der Waals surface area contributed by atoms with Crippen molar-refractivity contribution in [3.8, 4) is 0 Å². The molecule has 3 fully saturated rings. The molecule has 0 saturated carbocycles. The van der Waals surface area contributed by atoms with Crippen molar-refractivity contribution in [2.75, 3.05) is 24.6 Å². The van der Waals surface area contributed by atoms with Gasteiger partial charge in [-0.3, -0.25) is 28.0 Å². The third kappa shape index (κ3) is 5.54. The summed E-state index contributed by atoms with van der Waals surface area (Å²) in [5, 5.41) is 2.58. The van der Waals surface area contributed by atoms with Crippen molar-refractivity contribution < 1.29 is 41.3 Å². The molecule has 0 spiro atoms. The van der Waals surface area contributed by atoms with Crippen molar-refractivity contribution in [2.24, 2.45) is 0 Å². The van der Waals surface area contributed by atoms with Gasteiger partial charge in [0.05, 0.1) is 19.3 Å². The molecule has 0 amide bonds. The van der Waals surface area contributed by atoms with Gasteiger partial charge in [-0.25, -0.2) is 38.4 Å². The number of nitrogens with two attached hydrogens (primary N) is 2. The first kappa shape index (κ1) is 30.9. The number of fused-ring (bicyclic) bond motifs is 4. The van der Waals surface area contributed by atoms with Crippen molar-refractivity contribution in [3.05, 3.63) is 29.3 Å². The smallest absolute Gasteiger partial charge is 0.382 e. The Morgan fingerprint density at radius 2 is 1.64 bits per heavy atom. The van der Waals surface area contributed by atoms with Gasteiger partial charge in [-0.05, 0) is 11.8 Å². The molecule has 19 nitrogen and oxygen atoms in total. The number of H-pyrrole nitrogens is 1. The van der Waals surface area contributed by atoms with E-state index in [1.165, 1.54) is 10.9 Å². The summed E-state index contributed by atoms with van der Waals surface area (Å²) in [5.74, 6) is -0.198. The Morgan fingerprint density at radius 1 is 1.00 bits per heavy atom. The summed E-state index contributed by atoms with van der Waals surface area (Å²) >= 11 is 9.24. The molecule has 10 atom stereocenters. The third-order valence-electron chi connectivity index (χ3n) is 7.33. The summed E-state index contributed by atoms with van der Waals surface area (Å²) in [7, 11) is 0. The van der Waals surface area contributed by atoms with Gasteiger partial charge in [0.15, 0.2) is 47.4 Å². The average Bonchev–Trinajstić information content (AvgIpc) is 3.72. The lowest BCUT2D eigenvalue weighted by Gasteiger charge is -2.29. The molecular weight excluding hydrogens is 686 g/mol. The molecule has 0 radical (unpaired) electrons. The monoisotopic (exact) mass is 709 g/mol. The van der Waals surface area contributed by atoms with Crippen molar-refractivity contribution in [3.63, 3.8) is 0 Å². The van der Waals surface area contributed by atoms with Crippen LogP contribution >= 0.6 is 25.7 Å². The van der Waals surface area contributed by atoms with Crippen LogP contribution in [-0.4, -0.2) is 93.8 Å². The van der Waals surface area contributed by atoms with Crippen LogP contribution in [0.2, 0.25) is 0 Å². The van der Waals surface area contributed by atoms with Crippen LogP contribution in [0.25, 0.3) is 22.3 Å². The zero-order valence-corrected chi connectivity index (χ0v) is 25.9. The van der Waals surface area contributed by atoms with E-state index in [1.54, 1.807) is 0 Å². The fourth-order valence-corrected chi connectivity index (χ4v) is 8.40. The van der Waals surface area contributed by atoms with Crippen molar-refractivity contribution in [1.82, 2.24) is 44.1 Å². The SMILES string of the molecule is Nc1nc2c(ncn2[C@@H]2O[C@@H]3COP(=O)(S)O[C@@H]4[C@H](F)[C@H](n5cnc6c(N)ncnc65)O[C@@H]4CNP(O)(=S)O[C@@H]3[C@@H]2F)c(=O)[nH]1. The molecule has 0 aliphatic carbocycles. The fourth-order valence-electron chi connectivity index (χ4n) is 5.33. The molecule has 0 bridgehead atoms. The number of nitrogens with one attached hydrogen (secondary N) is 2. The summed E-state index contributed by atoms with van der Waals surface area (Å²) in [4.78, 5) is 45.5. The second kappa shape index (κ2) is 11.2. The molecule has 4 aromatic rings. The Balaban J connectivity index is 1.17. The van der Waals surface area contributed by atoms with Gasteiger partial charge in [0.25, 0.3) is 12.2 Å². The molecule has 3 saturated heterocycles. The van der Waals surface area contributed by atoms with E-state index >= 15 is 8.78 Å². The molecule has 3 aliphatic heterocycles. The molecule has 7 N–H and O–H groups in total. The molecule has 3 aliphatic rings. The lowest BCUT2D eigenvalue weighted by molar-refractivity contribution is -0.0440. The van der Waals surface area contributed by atoms with E-state index in [4.69, 9.17) is 46.3 Å². The van der Waals surface area contributed by atoms with E-state index in [1.807, 2.05) is 0 Å². The number of aromatic amines is 1. The largest absolute Gasteiger partial charge is 0.386 e. The number of hydrogen-bond donors (Lipinski definition) is 6. The number of alkyl halides is 2. The van der Waals surface area contributed by atoms with Crippen molar-refractivity contribution in [2.45, 2.75) is 49.2 Å². The molecule has 2 unspecified atom stereocenters. The predicted molar refractivity (Wildman–Crippen MR) is 157 cm³/mol. The number of imidazole rings is 2. The highest BCUT2D eigenvalue weighted by Crippen LogP contribution is 2.58. The van der Waals surface area contributed by atoms with E-state index in [2.05, 4.69) is 47.2 Å². The minimum Gasteiger partial charge on any atom is -0.382 e. The number of aromatic nitrogens is 8. The Morgan fingerprint density at radius 3 is 2.38 bits per heavy atom. The maximum atomic E-state index is 16.0. The number of nitrogens with zero attached hydrogens (tertiary/aromatic N) is 7. The second-order valence-corrected chi connectivity index (χ2v) is 16.1. The molecular formula is C20H23F2N11O8P2S2. The summed E-state index contributed by atoms with van der Waals surface area (Å²) < 4.78 is 76.0. The van der Waals surface area contributed by atoms with E-state index < -0.39 is 81.4 Å². The minimum atomic E-state index is -4.39. The van der Waals surface area contributed by atoms with Gasteiger partial charge in [-0.1, -0.05) is 12.2 Å². The molecule has 4 aromatic heterocycles. The zero-order chi connectivity index (χ0) is 31.8. The lowest BCUT2D eigenvalue weighted by atomic mass is 10.1. The molecule has 0 aromatic carbocycles. The lowest BCUT2D eigenvalue weighted by Crippen LogP contribution is -2.40. The van der Waals surface area contributed by atoms with Crippen LogP contribution < -0.4 is 22.1 Å². The van der Waals surface area contributed by atoms with Gasteiger partial charge in [0, 0.05) is 6.54 Å². The number of ether oxygens (including phenoxy) is 2. The van der Waals surface area contributed by atoms with Gasteiger partial charge >= 0.3 is 6.80 Å². The number of rotatable bonds is 2. The van der Waals surface area contributed by atoms with E-state index in [-0.39, 0.29) is 34.1 Å². The number of halogens is 2. The summed E-state index contributed by atoms with van der Waals surface area (Å²) in [6.07, 6.45) is -9.27. The molecule has 25 heteroatoms. The first-order valence-corrected chi connectivity index (χ1v) is 18.4. The average molecular weight is 710 g/mol. The van der Waals surface area contributed by atoms with Gasteiger partial charge in [-0.2, -0.15) is 4.98 Å². The van der Waals surface area contributed by atoms with E-state index in [0.29, 0.717) is 0 Å². The summed E-state index contributed by atoms with van der Waals surface area (Å²) in [6, 6.07) is 0. The van der Waals surface area contributed by atoms with Crippen LogP contribution in [0.5, 0.6) is 0 Å². The van der Waals surface area contributed by atoms with Crippen LogP contribution in [0.1, 0.15) is 12.5 Å². The maximum Gasteiger partial charge on any atom is 0.386 e. The van der Waals surface area contributed by atoms with Crippen LogP contribution in [0.3, 0.4) is 0 Å². The minimum absolute atomic E-state index is 0.0550. The topological polar surface area (TPSA) is 255 Å². The molecule has 242 valence electrons. The van der Waals surface area contributed by atoms with Crippen LogP contribution in [0, 0.1) is 0 Å². The van der Waals surface area contributed by atoms with E-state index in [9.17, 15) is 14.3 Å². The number of anilines is 2. The fraction of sp³-hybridized carbons (Fsp3) is 0.500. The molecule has 45 heavy (non-hydrogen) atoms. The van der Waals surface area contributed by atoms with Crippen LogP contribution in [0.4, 0.5) is 20.5 Å².